The number of anilines is 1. The van der Waals surface area contributed by atoms with Gasteiger partial charge in [0.1, 0.15) is 30.1 Å². The number of carbonyl (C=O) groups excluding carboxylic acids is 7. The van der Waals surface area contributed by atoms with Gasteiger partial charge in [0, 0.05) is 50.6 Å². The van der Waals surface area contributed by atoms with Crippen LogP contribution in [0.5, 0.6) is 5.75 Å². The second-order valence-electron chi connectivity index (χ2n) is 14.4. The summed E-state index contributed by atoms with van der Waals surface area (Å²) in [6.45, 7) is 9.69. The number of unbranched alkanes of at least 4 members (excludes halogenated alkanes) is 2. The summed E-state index contributed by atoms with van der Waals surface area (Å²) in [5, 5.41) is 7.92. The standard InChI is InChI=1S/C39H62N4O13/c1-26(2)35(43-33(46)25-54-21-20-53-19-18-51-6)31(45)22-27(12-11-17-41-38(40)50)36(48)42-28-15-16-30(37(49)52-7)32(23-28)55-24-29(44)13-9-8-10-14-34(47)56-39(3,4)5/h15-16,23,26-27,35H,8-14,17-22,24-25H2,1-7H3,(H,42,48)(H,43,46)(H3,40,41,50)/t27-,35+/m1/s1. The van der Waals surface area contributed by atoms with E-state index in [1.165, 1.54) is 25.3 Å². The molecule has 0 aromatic heterocycles. The van der Waals surface area contributed by atoms with E-state index >= 15 is 0 Å². The minimum atomic E-state index is -0.912. The summed E-state index contributed by atoms with van der Waals surface area (Å²) in [5.74, 6) is -3.88. The number of urea groups is 1. The molecular weight excluding hydrogens is 732 g/mol. The molecule has 0 fully saturated rings. The van der Waals surface area contributed by atoms with E-state index in [9.17, 15) is 33.6 Å². The molecule has 17 nitrogen and oxygen atoms in total. The van der Waals surface area contributed by atoms with Crippen LogP contribution in [0.25, 0.3) is 0 Å². The zero-order valence-corrected chi connectivity index (χ0v) is 34.0. The van der Waals surface area contributed by atoms with Gasteiger partial charge >= 0.3 is 18.0 Å². The van der Waals surface area contributed by atoms with Crippen molar-refractivity contribution in [3.8, 4) is 5.75 Å². The van der Waals surface area contributed by atoms with Crippen LogP contribution in [0.3, 0.4) is 0 Å². The van der Waals surface area contributed by atoms with Crippen LogP contribution in [0.15, 0.2) is 18.2 Å². The quantitative estimate of drug-likeness (QED) is 0.0672. The molecule has 0 unspecified atom stereocenters. The number of rotatable bonds is 29. The summed E-state index contributed by atoms with van der Waals surface area (Å²) >= 11 is 0. The fourth-order valence-corrected chi connectivity index (χ4v) is 5.25. The summed E-state index contributed by atoms with van der Waals surface area (Å²) in [5.41, 5.74) is 4.86. The Labute approximate surface area is 329 Å². The molecule has 0 heterocycles. The number of methoxy groups -OCH3 is 2. The molecule has 0 aliphatic rings. The van der Waals surface area contributed by atoms with Crippen molar-refractivity contribution in [2.75, 3.05) is 65.7 Å². The van der Waals surface area contributed by atoms with E-state index in [2.05, 4.69) is 16.0 Å². The van der Waals surface area contributed by atoms with E-state index in [0.29, 0.717) is 38.9 Å². The van der Waals surface area contributed by atoms with E-state index in [-0.39, 0.29) is 99.1 Å². The van der Waals surface area contributed by atoms with Gasteiger partial charge in [0.25, 0.3) is 0 Å². The number of nitrogens with one attached hydrogen (secondary N) is 3. The van der Waals surface area contributed by atoms with Gasteiger partial charge in [0.05, 0.1) is 39.6 Å². The summed E-state index contributed by atoms with van der Waals surface area (Å²) in [7, 11) is 2.75. The summed E-state index contributed by atoms with van der Waals surface area (Å²) in [6, 6.07) is 2.57. The van der Waals surface area contributed by atoms with Crippen molar-refractivity contribution in [3.63, 3.8) is 0 Å². The first-order chi connectivity index (χ1) is 26.5. The Morgan fingerprint density at radius 1 is 0.839 bits per heavy atom. The maximum Gasteiger partial charge on any atom is 0.341 e. The number of ketones is 2. The number of carbonyl (C=O) groups is 7. The lowest BCUT2D eigenvalue weighted by Gasteiger charge is -2.24. The van der Waals surface area contributed by atoms with Gasteiger partial charge in [-0.3, -0.25) is 24.0 Å². The average Bonchev–Trinajstić information content (AvgIpc) is 3.12. The van der Waals surface area contributed by atoms with Crippen LogP contribution in [0.4, 0.5) is 10.5 Å². The van der Waals surface area contributed by atoms with Crippen molar-refractivity contribution in [1.82, 2.24) is 10.6 Å². The number of nitrogens with two attached hydrogens (primary N) is 1. The molecule has 2 atom stereocenters. The maximum atomic E-state index is 13.7. The zero-order valence-electron chi connectivity index (χ0n) is 34.0. The first-order valence-corrected chi connectivity index (χ1v) is 18.9. The molecule has 1 aromatic carbocycles. The molecule has 316 valence electrons. The maximum absolute atomic E-state index is 13.7. The Kier molecular flexibility index (Phi) is 23.9. The molecule has 0 saturated carbocycles. The number of primary amides is 1. The number of hydrogen-bond acceptors (Lipinski definition) is 13. The second-order valence-corrected chi connectivity index (χ2v) is 14.4. The highest BCUT2D eigenvalue weighted by Crippen LogP contribution is 2.26. The molecule has 4 amide bonds. The number of amides is 4. The van der Waals surface area contributed by atoms with Crippen molar-refractivity contribution < 1.29 is 62.0 Å². The predicted octanol–water partition coefficient (Wildman–Crippen LogP) is 3.50. The second kappa shape index (κ2) is 27.1. The van der Waals surface area contributed by atoms with Gasteiger partial charge in [-0.25, -0.2) is 9.59 Å². The summed E-state index contributed by atoms with van der Waals surface area (Å²) < 4.78 is 31.4. The largest absolute Gasteiger partial charge is 0.485 e. The molecule has 0 radical (unpaired) electrons. The Morgan fingerprint density at radius 2 is 1.52 bits per heavy atom. The van der Waals surface area contributed by atoms with Gasteiger partial charge in [0.2, 0.25) is 11.8 Å². The van der Waals surface area contributed by atoms with Gasteiger partial charge in [-0.15, -0.1) is 0 Å². The molecule has 0 aliphatic heterocycles. The highest BCUT2D eigenvalue weighted by Gasteiger charge is 2.30. The Bertz CT molecular complexity index is 1430. The highest BCUT2D eigenvalue weighted by molar-refractivity contribution is 5.99. The van der Waals surface area contributed by atoms with Crippen LogP contribution in [0, 0.1) is 11.8 Å². The van der Waals surface area contributed by atoms with Gasteiger partial charge in [-0.2, -0.15) is 0 Å². The monoisotopic (exact) mass is 794 g/mol. The van der Waals surface area contributed by atoms with Crippen LogP contribution >= 0.6 is 0 Å². The number of Topliss-reactive ketones (excluding diaryl/α,β-unsaturated/α-hetero) is 2. The molecule has 0 spiro atoms. The van der Waals surface area contributed by atoms with E-state index in [1.54, 1.807) is 41.7 Å². The first-order valence-electron chi connectivity index (χ1n) is 18.9. The van der Waals surface area contributed by atoms with Crippen LogP contribution in [0.1, 0.15) is 96.3 Å². The van der Waals surface area contributed by atoms with Crippen molar-refractivity contribution in [2.24, 2.45) is 17.6 Å². The van der Waals surface area contributed by atoms with Gasteiger partial charge < -0.3 is 50.1 Å². The van der Waals surface area contributed by atoms with E-state index in [1.807, 2.05) is 0 Å². The molecule has 17 heteroatoms. The first kappa shape index (κ1) is 49.4. The van der Waals surface area contributed by atoms with Gasteiger partial charge in [0.15, 0.2) is 11.6 Å². The van der Waals surface area contributed by atoms with Crippen molar-refractivity contribution >= 4 is 47.0 Å². The van der Waals surface area contributed by atoms with Gasteiger partial charge in [-0.1, -0.05) is 20.3 Å². The fourth-order valence-electron chi connectivity index (χ4n) is 5.25. The topological polar surface area (TPSA) is 237 Å². The zero-order chi connectivity index (χ0) is 42.1. The van der Waals surface area contributed by atoms with Crippen LogP contribution < -0.4 is 26.4 Å². The normalized spacial score (nSPS) is 12.3. The molecule has 1 rings (SSSR count). The summed E-state index contributed by atoms with van der Waals surface area (Å²) in [6.07, 6.45) is 2.42. The Balaban J connectivity index is 2.97. The Hall–Kier alpha value is -4.61. The smallest absolute Gasteiger partial charge is 0.341 e. The average molecular weight is 795 g/mol. The van der Waals surface area contributed by atoms with Crippen molar-refractivity contribution in [3.05, 3.63) is 23.8 Å². The lowest BCUT2D eigenvalue weighted by molar-refractivity contribution is -0.155. The number of ether oxygens (including phenoxy) is 6. The van der Waals surface area contributed by atoms with Crippen LogP contribution in [-0.4, -0.2) is 113 Å². The molecule has 0 bridgehead atoms. The molecule has 5 N–H and O–H groups in total. The fraction of sp³-hybridized carbons (Fsp3) is 0.667. The molecule has 1 aromatic rings. The van der Waals surface area contributed by atoms with Gasteiger partial charge in [-0.05, 0) is 64.5 Å². The third-order valence-corrected chi connectivity index (χ3v) is 8.01. The number of esters is 2. The number of hydrogen-bond donors (Lipinski definition) is 4. The van der Waals surface area contributed by atoms with Crippen molar-refractivity contribution in [2.45, 2.75) is 97.6 Å². The minimum absolute atomic E-state index is 0.00227. The SMILES string of the molecule is COCCOCCOCC(=O)N[C@H](C(=O)C[C@@H](CCCNC(N)=O)C(=O)Nc1ccc(C(=O)OC)c(OCC(=O)CCCCCC(=O)OC(C)(C)C)c1)C(C)C. The Morgan fingerprint density at radius 3 is 2.16 bits per heavy atom. The molecule has 0 saturated heterocycles. The number of benzene rings is 1. The lowest BCUT2D eigenvalue weighted by atomic mass is 9.89. The predicted molar refractivity (Wildman–Crippen MR) is 206 cm³/mol. The van der Waals surface area contributed by atoms with E-state index in [4.69, 9.17) is 34.2 Å². The minimum Gasteiger partial charge on any atom is -0.485 e. The van der Waals surface area contributed by atoms with Crippen LogP contribution in [-0.2, 0) is 47.7 Å². The molecule has 0 aliphatic carbocycles. The lowest BCUT2D eigenvalue weighted by Crippen LogP contribution is -2.47. The molecular formula is C39H62N4O13. The van der Waals surface area contributed by atoms with Crippen LogP contribution in [0.2, 0.25) is 0 Å². The molecule has 56 heavy (non-hydrogen) atoms. The van der Waals surface area contributed by atoms with E-state index < -0.39 is 41.4 Å². The highest BCUT2D eigenvalue weighted by atomic mass is 16.6. The third kappa shape index (κ3) is 22.1. The third-order valence-electron chi connectivity index (χ3n) is 8.01. The summed E-state index contributed by atoms with van der Waals surface area (Å²) in [4.78, 5) is 88.2. The van der Waals surface area contributed by atoms with Crippen molar-refractivity contribution in [1.29, 1.82) is 0 Å². The van der Waals surface area contributed by atoms with E-state index in [0.717, 1.165) is 0 Å².